The van der Waals surface area contributed by atoms with Gasteiger partial charge in [0, 0.05) is 45.1 Å². The van der Waals surface area contributed by atoms with Crippen LogP contribution in [0.2, 0.25) is 0 Å². The van der Waals surface area contributed by atoms with E-state index in [-0.39, 0.29) is 0 Å². The number of aromatic nitrogens is 2. The molecule has 0 aromatic carbocycles. The van der Waals surface area contributed by atoms with Crippen LogP contribution in [-0.2, 0) is 11.3 Å². The van der Waals surface area contributed by atoms with E-state index in [1.807, 2.05) is 0 Å². The van der Waals surface area contributed by atoms with Crippen LogP contribution >= 0.6 is 0 Å². The van der Waals surface area contributed by atoms with E-state index < -0.39 is 0 Å². The van der Waals surface area contributed by atoms with Gasteiger partial charge in [-0.3, -0.25) is 0 Å². The molecule has 5 heteroatoms. The van der Waals surface area contributed by atoms with Crippen LogP contribution in [0.15, 0.2) is 6.20 Å². The number of methoxy groups -OCH3 is 1. The number of anilines is 1. The number of nitrogens with zero attached hydrogens (tertiary/aromatic N) is 3. The molecule has 2 heterocycles. The molecular formula is C14H26N4O. The van der Waals surface area contributed by atoms with Crippen molar-refractivity contribution in [1.29, 1.82) is 0 Å². The maximum atomic E-state index is 6.04. The zero-order chi connectivity index (χ0) is 13.8. The molecule has 2 N–H and O–H groups in total. The molecule has 0 amide bonds. The maximum Gasteiger partial charge on any atom is 0.205 e. The van der Waals surface area contributed by atoms with Crippen molar-refractivity contribution in [1.82, 2.24) is 9.55 Å². The second kappa shape index (κ2) is 6.39. The molecule has 1 aromatic rings. The fourth-order valence-electron chi connectivity index (χ4n) is 2.81. The van der Waals surface area contributed by atoms with E-state index >= 15 is 0 Å². The Morgan fingerprint density at radius 2 is 2.32 bits per heavy atom. The minimum Gasteiger partial charge on any atom is -0.385 e. The number of aryl methyl sites for hydroxylation is 2. The highest BCUT2D eigenvalue weighted by Gasteiger charge is 2.26. The van der Waals surface area contributed by atoms with Gasteiger partial charge in [-0.2, -0.15) is 0 Å². The second-order valence-corrected chi connectivity index (χ2v) is 5.55. The summed E-state index contributed by atoms with van der Waals surface area (Å²) < 4.78 is 7.38. The first-order valence-corrected chi connectivity index (χ1v) is 7.16. The van der Waals surface area contributed by atoms with Gasteiger partial charge in [-0.15, -0.1) is 0 Å². The van der Waals surface area contributed by atoms with Gasteiger partial charge >= 0.3 is 0 Å². The minimum atomic E-state index is 0.337. The molecule has 2 rings (SSSR count). The van der Waals surface area contributed by atoms with E-state index in [2.05, 4.69) is 29.5 Å². The Kier molecular flexibility index (Phi) is 4.82. The number of rotatable bonds is 5. The van der Waals surface area contributed by atoms with Crippen LogP contribution in [0.1, 0.15) is 31.9 Å². The highest BCUT2D eigenvalue weighted by Crippen LogP contribution is 2.24. The summed E-state index contributed by atoms with van der Waals surface area (Å²) in [4.78, 5) is 7.09. The third-order valence-electron chi connectivity index (χ3n) is 3.80. The van der Waals surface area contributed by atoms with E-state index in [0.29, 0.717) is 12.1 Å². The summed E-state index contributed by atoms with van der Waals surface area (Å²) in [5.74, 6) is 1.09. The van der Waals surface area contributed by atoms with Crippen LogP contribution in [0.3, 0.4) is 0 Å². The third kappa shape index (κ3) is 3.48. The van der Waals surface area contributed by atoms with Crippen LogP contribution < -0.4 is 10.6 Å². The van der Waals surface area contributed by atoms with E-state index in [9.17, 15) is 0 Å². The van der Waals surface area contributed by atoms with Gasteiger partial charge in [-0.1, -0.05) is 0 Å². The molecular weight excluding hydrogens is 240 g/mol. The van der Waals surface area contributed by atoms with Gasteiger partial charge in [0.15, 0.2) is 0 Å². The summed E-state index contributed by atoms with van der Waals surface area (Å²) in [5.41, 5.74) is 7.11. The molecule has 2 atom stereocenters. The first-order valence-electron chi connectivity index (χ1n) is 7.16. The smallest absolute Gasteiger partial charge is 0.205 e. The van der Waals surface area contributed by atoms with E-state index in [4.69, 9.17) is 15.5 Å². The van der Waals surface area contributed by atoms with Crippen molar-refractivity contribution >= 4 is 5.95 Å². The molecule has 5 nitrogen and oxygen atoms in total. The molecule has 1 aliphatic heterocycles. The molecule has 1 aliphatic rings. The predicted molar refractivity (Wildman–Crippen MR) is 77.5 cm³/mol. The Hall–Kier alpha value is -1.07. The lowest BCUT2D eigenvalue weighted by atomic mass is 10.00. The van der Waals surface area contributed by atoms with E-state index in [0.717, 1.165) is 50.6 Å². The molecule has 2 unspecified atom stereocenters. The first kappa shape index (κ1) is 14.3. The quantitative estimate of drug-likeness (QED) is 0.821. The average Bonchev–Trinajstić information content (AvgIpc) is 2.71. The summed E-state index contributed by atoms with van der Waals surface area (Å²) >= 11 is 0. The lowest BCUT2D eigenvalue weighted by Crippen LogP contribution is -2.46. The van der Waals surface area contributed by atoms with Gasteiger partial charge in [0.2, 0.25) is 5.95 Å². The Labute approximate surface area is 115 Å². The van der Waals surface area contributed by atoms with E-state index in [1.165, 1.54) is 0 Å². The maximum absolute atomic E-state index is 6.04. The SMILES string of the molecule is COCCCn1cc(C)nc1N1CCC(N)CC1C. The van der Waals surface area contributed by atoms with Crippen molar-refractivity contribution in [3.63, 3.8) is 0 Å². The lowest BCUT2D eigenvalue weighted by Gasteiger charge is -2.37. The van der Waals surface area contributed by atoms with Crippen molar-refractivity contribution in [2.24, 2.45) is 5.73 Å². The number of piperidine rings is 1. The molecule has 0 radical (unpaired) electrons. The fourth-order valence-corrected chi connectivity index (χ4v) is 2.81. The van der Waals surface area contributed by atoms with Gasteiger partial charge in [0.1, 0.15) is 0 Å². The second-order valence-electron chi connectivity index (χ2n) is 5.55. The summed E-state index contributed by atoms with van der Waals surface area (Å²) in [6.45, 7) is 7.04. The van der Waals surface area contributed by atoms with Gasteiger partial charge < -0.3 is 19.9 Å². The van der Waals surface area contributed by atoms with Gasteiger partial charge in [-0.05, 0) is 33.1 Å². The van der Waals surface area contributed by atoms with Crippen LogP contribution in [0.4, 0.5) is 5.95 Å². The summed E-state index contributed by atoms with van der Waals surface area (Å²) in [7, 11) is 1.74. The summed E-state index contributed by atoms with van der Waals surface area (Å²) in [5, 5.41) is 0. The Morgan fingerprint density at radius 1 is 1.53 bits per heavy atom. The first-order chi connectivity index (χ1) is 9.11. The highest BCUT2D eigenvalue weighted by atomic mass is 16.5. The Balaban J connectivity index is 2.10. The zero-order valence-corrected chi connectivity index (χ0v) is 12.3. The number of hydrogen-bond acceptors (Lipinski definition) is 4. The summed E-state index contributed by atoms with van der Waals surface area (Å²) in [6, 6.07) is 0.802. The predicted octanol–water partition coefficient (Wildman–Crippen LogP) is 1.54. The Bertz CT molecular complexity index is 404. The fraction of sp³-hybridized carbons (Fsp3) is 0.786. The minimum absolute atomic E-state index is 0.337. The van der Waals surface area contributed by atoms with Crippen LogP contribution in [0.25, 0.3) is 0 Å². The van der Waals surface area contributed by atoms with Crippen molar-refractivity contribution in [3.8, 4) is 0 Å². The highest BCUT2D eigenvalue weighted by molar-refractivity contribution is 5.36. The molecule has 0 aliphatic carbocycles. The monoisotopic (exact) mass is 266 g/mol. The van der Waals surface area contributed by atoms with Crippen molar-refractivity contribution in [3.05, 3.63) is 11.9 Å². The largest absolute Gasteiger partial charge is 0.385 e. The van der Waals surface area contributed by atoms with Crippen molar-refractivity contribution in [2.45, 2.75) is 51.7 Å². The number of imidazole rings is 1. The number of hydrogen-bond donors (Lipinski definition) is 1. The summed E-state index contributed by atoms with van der Waals surface area (Å²) in [6.07, 6.45) is 5.24. The zero-order valence-electron chi connectivity index (χ0n) is 12.3. The molecule has 1 fully saturated rings. The van der Waals surface area contributed by atoms with Crippen LogP contribution in [0, 0.1) is 6.92 Å². The molecule has 108 valence electrons. The number of ether oxygens (including phenoxy) is 1. The third-order valence-corrected chi connectivity index (χ3v) is 3.80. The normalized spacial score (nSPS) is 23.9. The molecule has 1 aromatic heterocycles. The molecule has 19 heavy (non-hydrogen) atoms. The van der Waals surface area contributed by atoms with E-state index in [1.54, 1.807) is 7.11 Å². The van der Waals surface area contributed by atoms with Crippen molar-refractivity contribution in [2.75, 3.05) is 25.2 Å². The topological polar surface area (TPSA) is 56.3 Å². The molecule has 0 spiro atoms. The standard InChI is InChI=1S/C14H26N4O/c1-11-10-17(6-4-8-19-3)14(16-11)18-7-5-13(15)9-12(18)2/h10,12-13H,4-9,15H2,1-3H3. The lowest BCUT2D eigenvalue weighted by molar-refractivity contribution is 0.190. The molecule has 0 saturated carbocycles. The average molecular weight is 266 g/mol. The Morgan fingerprint density at radius 3 is 3.00 bits per heavy atom. The van der Waals surface area contributed by atoms with Gasteiger partial charge in [0.05, 0.1) is 5.69 Å². The van der Waals surface area contributed by atoms with Crippen molar-refractivity contribution < 1.29 is 4.74 Å². The van der Waals surface area contributed by atoms with Gasteiger partial charge in [0.25, 0.3) is 0 Å². The van der Waals surface area contributed by atoms with Crippen LogP contribution in [-0.4, -0.2) is 41.9 Å². The molecule has 0 bridgehead atoms. The van der Waals surface area contributed by atoms with Gasteiger partial charge in [-0.25, -0.2) is 4.98 Å². The van der Waals surface area contributed by atoms with Crippen LogP contribution in [0.5, 0.6) is 0 Å². The number of nitrogens with two attached hydrogens (primary N) is 1. The molecule has 1 saturated heterocycles.